The summed E-state index contributed by atoms with van der Waals surface area (Å²) in [6, 6.07) is 6.37. The van der Waals surface area contributed by atoms with Crippen molar-refractivity contribution in [3.8, 4) is 0 Å². The van der Waals surface area contributed by atoms with Crippen molar-refractivity contribution in [1.82, 2.24) is 0 Å². The molecule has 2 N–H and O–H groups in total. The number of rotatable bonds is 1. The lowest BCUT2D eigenvalue weighted by Crippen LogP contribution is -1.88. The topological polar surface area (TPSA) is 26.0 Å². The quantitative estimate of drug-likeness (QED) is 0.607. The number of anilines is 1. The Hall–Kier alpha value is -0.980. The Bertz CT molecular complexity index is 254. The summed E-state index contributed by atoms with van der Waals surface area (Å²) in [7, 11) is 0. The monoisotopic (exact) mass is 147 g/mol. The van der Waals surface area contributed by atoms with E-state index >= 15 is 0 Å². The van der Waals surface area contributed by atoms with Crippen LogP contribution in [0.15, 0.2) is 18.2 Å². The van der Waals surface area contributed by atoms with E-state index in [-0.39, 0.29) is 0 Å². The zero-order valence-corrected chi connectivity index (χ0v) is 6.80. The van der Waals surface area contributed by atoms with Crippen LogP contribution < -0.4 is 5.73 Å². The van der Waals surface area contributed by atoms with Crippen molar-refractivity contribution >= 4 is 5.69 Å². The first-order valence-corrected chi connectivity index (χ1v) is 4.13. The van der Waals surface area contributed by atoms with Gasteiger partial charge >= 0.3 is 0 Å². The maximum absolute atomic E-state index is 5.72. The van der Waals surface area contributed by atoms with E-state index in [0.29, 0.717) is 0 Å². The Labute approximate surface area is 67.2 Å². The van der Waals surface area contributed by atoms with Gasteiger partial charge in [0.05, 0.1) is 0 Å². The summed E-state index contributed by atoms with van der Waals surface area (Å²) in [6.07, 6.45) is 2.70. The van der Waals surface area contributed by atoms with Crippen molar-refractivity contribution in [3.05, 3.63) is 29.3 Å². The standard InChI is InChI=1S/C10H13N/c1-7-4-9(8-2-3-8)6-10(11)5-7/h4-6,8H,2-3,11H2,1H3. The van der Waals surface area contributed by atoms with Crippen molar-refractivity contribution in [3.63, 3.8) is 0 Å². The van der Waals surface area contributed by atoms with Gasteiger partial charge in [0.1, 0.15) is 0 Å². The lowest BCUT2D eigenvalue weighted by molar-refractivity contribution is 1.12. The zero-order valence-electron chi connectivity index (χ0n) is 6.80. The first-order chi connectivity index (χ1) is 5.25. The molecule has 1 aromatic rings. The van der Waals surface area contributed by atoms with Crippen molar-refractivity contribution in [1.29, 1.82) is 0 Å². The van der Waals surface area contributed by atoms with Gasteiger partial charge in [-0.25, -0.2) is 0 Å². The van der Waals surface area contributed by atoms with E-state index in [0.717, 1.165) is 11.6 Å². The second-order valence-electron chi connectivity index (χ2n) is 3.45. The van der Waals surface area contributed by atoms with Crippen molar-refractivity contribution in [2.24, 2.45) is 0 Å². The molecular weight excluding hydrogens is 134 g/mol. The summed E-state index contributed by atoms with van der Waals surface area (Å²) >= 11 is 0. The van der Waals surface area contributed by atoms with E-state index in [1.54, 1.807) is 0 Å². The van der Waals surface area contributed by atoms with Crippen molar-refractivity contribution < 1.29 is 0 Å². The molecule has 0 aliphatic heterocycles. The molecule has 0 atom stereocenters. The van der Waals surface area contributed by atoms with E-state index in [1.165, 1.54) is 24.0 Å². The van der Waals surface area contributed by atoms with Gasteiger partial charge in [0.2, 0.25) is 0 Å². The minimum Gasteiger partial charge on any atom is -0.399 e. The maximum Gasteiger partial charge on any atom is 0.0319 e. The van der Waals surface area contributed by atoms with Crippen LogP contribution in [0.4, 0.5) is 5.69 Å². The van der Waals surface area contributed by atoms with E-state index in [1.807, 2.05) is 6.07 Å². The molecule has 0 aromatic heterocycles. The van der Waals surface area contributed by atoms with Gasteiger partial charge < -0.3 is 5.73 Å². The molecule has 11 heavy (non-hydrogen) atoms. The van der Waals surface area contributed by atoms with Crippen molar-refractivity contribution in [2.45, 2.75) is 25.7 Å². The highest BCUT2D eigenvalue weighted by atomic mass is 14.5. The summed E-state index contributed by atoms with van der Waals surface area (Å²) in [4.78, 5) is 0. The van der Waals surface area contributed by atoms with Crippen LogP contribution in [-0.2, 0) is 0 Å². The lowest BCUT2D eigenvalue weighted by Gasteiger charge is -2.01. The fourth-order valence-electron chi connectivity index (χ4n) is 1.50. The van der Waals surface area contributed by atoms with Crippen LogP contribution in [0.25, 0.3) is 0 Å². The lowest BCUT2D eigenvalue weighted by atomic mass is 10.1. The fraction of sp³-hybridized carbons (Fsp3) is 0.400. The molecule has 0 bridgehead atoms. The molecule has 0 radical (unpaired) electrons. The number of nitrogens with two attached hydrogens (primary N) is 1. The molecule has 1 aliphatic carbocycles. The predicted molar refractivity (Wildman–Crippen MR) is 47.6 cm³/mol. The normalized spacial score (nSPS) is 16.8. The number of hydrogen-bond acceptors (Lipinski definition) is 1. The van der Waals surface area contributed by atoms with Crippen LogP contribution in [0.2, 0.25) is 0 Å². The van der Waals surface area contributed by atoms with Gasteiger partial charge in [0, 0.05) is 5.69 Å². The molecule has 1 aromatic carbocycles. The van der Waals surface area contributed by atoms with Gasteiger partial charge in [0.15, 0.2) is 0 Å². The number of aryl methyl sites for hydroxylation is 1. The van der Waals surface area contributed by atoms with E-state index in [2.05, 4.69) is 19.1 Å². The van der Waals surface area contributed by atoms with Gasteiger partial charge in [-0.1, -0.05) is 6.07 Å². The van der Waals surface area contributed by atoms with Crippen LogP contribution in [0, 0.1) is 6.92 Å². The average Bonchev–Trinajstić information content (AvgIpc) is 2.64. The molecule has 1 fully saturated rings. The fourth-order valence-corrected chi connectivity index (χ4v) is 1.50. The van der Waals surface area contributed by atoms with Crippen molar-refractivity contribution in [2.75, 3.05) is 5.73 Å². The third-order valence-electron chi connectivity index (χ3n) is 2.17. The molecule has 2 rings (SSSR count). The number of benzene rings is 1. The van der Waals surface area contributed by atoms with Crippen LogP contribution >= 0.6 is 0 Å². The Balaban J connectivity index is 2.39. The smallest absolute Gasteiger partial charge is 0.0319 e. The Morgan fingerprint density at radius 3 is 2.55 bits per heavy atom. The third kappa shape index (κ3) is 1.37. The first-order valence-electron chi connectivity index (χ1n) is 4.13. The summed E-state index contributed by atoms with van der Waals surface area (Å²) in [6.45, 7) is 2.10. The SMILES string of the molecule is Cc1cc(N)cc(C2CC2)c1. The minimum absolute atomic E-state index is 0.817. The minimum atomic E-state index is 0.817. The molecule has 1 saturated carbocycles. The highest BCUT2D eigenvalue weighted by Crippen LogP contribution is 2.40. The second kappa shape index (κ2) is 2.26. The van der Waals surface area contributed by atoms with Crippen LogP contribution in [0.5, 0.6) is 0 Å². The Morgan fingerprint density at radius 1 is 1.27 bits per heavy atom. The third-order valence-corrected chi connectivity index (χ3v) is 2.17. The van der Waals surface area contributed by atoms with Gasteiger partial charge in [0.25, 0.3) is 0 Å². The highest BCUT2D eigenvalue weighted by Gasteiger charge is 2.23. The molecule has 1 heteroatoms. The average molecular weight is 147 g/mol. The van der Waals surface area contributed by atoms with Gasteiger partial charge in [-0.3, -0.25) is 0 Å². The van der Waals surface area contributed by atoms with Crippen LogP contribution in [0.3, 0.4) is 0 Å². The van der Waals surface area contributed by atoms with Crippen LogP contribution in [-0.4, -0.2) is 0 Å². The summed E-state index contributed by atoms with van der Waals surface area (Å²) in [5.41, 5.74) is 9.35. The molecule has 0 heterocycles. The molecular formula is C10H13N. The van der Waals surface area contributed by atoms with E-state index in [4.69, 9.17) is 5.73 Å². The Morgan fingerprint density at radius 2 is 2.00 bits per heavy atom. The molecule has 0 saturated heterocycles. The highest BCUT2D eigenvalue weighted by molar-refractivity contribution is 5.46. The zero-order chi connectivity index (χ0) is 7.84. The summed E-state index contributed by atoms with van der Waals surface area (Å²) in [5, 5.41) is 0. The summed E-state index contributed by atoms with van der Waals surface area (Å²) in [5.74, 6) is 0.817. The molecule has 1 nitrogen and oxygen atoms in total. The van der Waals surface area contributed by atoms with E-state index in [9.17, 15) is 0 Å². The summed E-state index contributed by atoms with van der Waals surface area (Å²) < 4.78 is 0. The molecule has 0 spiro atoms. The van der Waals surface area contributed by atoms with Gasteiger partial charge in [-0.15, -0.1) is 0 Å². The molecule has 0 unspecified atom stereocenters. The van der Waals surface area contributed by atoms with Gasteiger partial charge in [-0.2, -0.15) is 0 Å². The van der Waals surface area contributed by atoms with Gasteiger partial charge in [-0.05, 0) is 48.9 Å². The molecule has 1 aliphatic rings. The van der Waals surface area contributed by atoms with E-state index < -0.39 is 0 Å². The Kier molecular flexibility index (Phi) is 1.38. The largest absolute Gasteiger partial charge is 0.399 e. The maximum atomic E-state index is 5.72. The number of nitrogen functional groups attached to an aromatic ring is 1. The second-order valence-corrected chi connectivity index (χ2v) is 3.45. The molecule has 58 valence electrons. The first kappa shape index (κ1) is 6.71. The number of hydrogen-bond donors (Lipinski definition) is 1. The van der Waals surface area contributed by atoms with Crippen LogP contribution in [0.1, 0.15) is 29.9 Å². The molecule has 0 amide bonds. The predicted octanol–water partition coefficient (Wildman–Crippen LogP) is 2.45.